The third-order valence-corrected chi connectivity index (χ3v) is 5.69. The van der Waals surface area contributed by atoms with Crippen molar-refractivity contribution in [3.8, 4) is 0 Å². The predicted octanol–water partition coefficient (Wildman–Crippen LogP) is 3.75. The maximum Gasteiger partial charge on any atom is 0.263 e. The molecule has 136 valence electrons. The Morgan fingerprint density at radius 1 is 1.33 bits per heavy atom. The van der Waals surface area contributed by atoms with E-state index in [0.717, 1.165) is 53.3 Å². The van der Waals surface area contributed by atoms with Gasteiger partial charge in [-0.2, -0.15) is 0 Å². The average molecular weight is 352 g/mol. The number of nitrogens with zero attached hydrogens (tertiary/aromatic N) is 2. The Kier molecular flexibility index (Phi) is 7.23. The molecule has 1 N–H and O–H groups in total. The molecular formula is C19H33N3OS. The van der Waals surface area contributed by atoms with Gasteiger partial charge in [-0.25, -0.2) is 4.98 Å². The summed E-state index contributed by atoms with van der Waals surface area (Å²) < 4.78 is 0. The van der Waals surface area contributed by atoms with Gasteiger partial charge in [0, 0.05) is 26.1 Å². The van der Waals surface area contributed by atoms with Gasteiger partial charge in [-0.3, -0.25) is 4.79 Å². The molecule has 2 atom stereocenters. The second kappa shape index (κ2) is 8.95. The molecule has 2 unspecified atom stereocenters. The van der Waals surface area contributed by atoms with Crippen molar-refractivity contribution in [2.75, 3.05) is 26.2 Å². The summed E-state index contributed by atoms with van der Waals surface area (Å²) in [5, 5.41) is 4.15. The van der Waals surface area contributed by atoms with Crippen LogP contribution in [0.1, 0.15) is 60.9 Å². The van der Waals surface area contributed by atoms with Crippen LogP contribution in [0.15, 0.2) is 0 Å². The molecule has 2 rings (SSSR count). The fourth-order valence-corrected chi connectivity index (χ4v) is 4.85. The summed E-state index contributed by atoms with van der Waals surface area (Å²) in [7, 11) is 0. The van der Waals surface area contributed by atoms with E-state index in [1.807, 2.05) is 6.92 Å². The monoisotopic (exact) mass is 351 g/mol. The van der Waals surface area contributed by atoms with Gasteiger partial charge in [0.15, 0.2) is 0 Å². The number of thiazole rings is 1. The van der Waals surface area contributed by atoms with Crippen molar-refractivity contribution in [1.82, 2.24) is 15.2 Å². The van der Waals surface area contributed by atoms with E-state index in [2.05, 4.69) is 42.9 Å². The number of amides is 1. The molecule has 0 radical (unpaired) electrons. The lowest BCUT2D eigenvalue weighted by molar-refractivity contribution is 0.0950. The lowest BCUT2D eigenvalue weighted by Gasteiger charge is -2.34. The molecule has 1 aromatic heterocycles. The maximum atomic E-state index is 12.4. The molecule has 0 aliphatic carbocycles. The quantitative estimate of drug-likeness (QED) is 0.761. The minimum absolute atomic E-state index is 0.0420. The van der Waals surface area contributed by atoms with Gasteiger partial charge >= 0.3 is 0 Å². The average Bonchev–Trinajstić information content (AvgIpc) is 2.82. The summed E-state index contributed by atoms with van der Waals surface area (Å²) >= 11 is 1.55. The zero-order chi connectivity index (χ0) is 17.7. The van der Waals surface area contributed by atoms with E-state index < -0.39 is 0 Å². The van der Waals surface area contributed by atoms with E-state index in [4.69, 9.17) is 0 Å². The Bertz CT molecular complexity index is 531. The van der Waals surface area contributed by atoms with Gasteiger partial charge in [-0.15, -0.1) is 11.3 Å². The summed E-state index contributed by atoms with van der Waals surface area (Å²) in [6, 6.07) is 0. The Balaban J connectivity index is 1.74. The van der Waals surface area contributed by atoms with E-state index in [9.17, 15) is 4.79 Å². The highest BCUT2D eigenvalue weighted by Gasteiger charge is 2.21. The van der Waals surface area contributed by atoms with Crippen molar-refractivity contribution < 1.29 is 4.79 Å². The van der Waals surface area contributed by atoms with Crippen molar-refractivity contribution in [3.05, 3.63) is 15.6 Å². The smallest absolute Gasteiger partial charge is 0.263 e. The summed E-state index contributed by atoms with van der Waals surface area (Å²) in [6.45, 7) is 15.2. The van der Waals surface area contributed by atoms with Crippen LogP contribution in [-0.2, 0) is 6.42 Å². The molecule has 0 spiro atoms. The first-order chi connectivity index (χ1) is 11.3. The third kappa shape index (κ3) is 5.85. The van der Waals surface area contributed by atoms with Gasteiger partial charge < -0.3 is 10.2 Å². The molecular weight excluding hydrogens is 318 g/mol. The van der Waals surface area contributed by atoms with Crippen LogP contribution in [0.3, 0.4) is 0 Å². The Morgan fingerprint density at radius 2 is 2.00 bits per heavy atom. The highest BCUT2D eigenvalue weighted by atomic mass is 32.1. The van der Waals surface area contributed by atoms with Crippen molar-refractivity contribution in [1.29, 1.82) is 0 Å². The zero-order valence-corrected chi connectivity index (χ0v) is 16.7. The van der Waals surface area contributed by atoms with E-state index in [0.29, 0.717) is 5.92 Å². The summed E-state index contributed by atoms with van der Waals surface area (Å²) in [5.74, 6) is 2.20. The molecule has 1 aliphatic rings. The second-order valence-electron chi connectivity index (χ2n) is 7.94. The van der Waals surface area contributed by atoms with E-state index >= 15 is 0 Å². The van der Waals surface area contributed by atoms with Gasteiger partial charge in [0.2, 0.25) is 0 Å². The first kappa shape index (κ1) is 19.4. The molecule has 1 aliphatic heterocycles. The maximum absolute atomic E-state index is 12.4. The number of piperidine rings is 1. The van der Waals surface area contributed by atoms with Crippen LogP contribution >= 0.6 is 11.3 Å². The van der Waals surface area contributed by atoms with Crippen LogP contribution in [0.4, 0.5) is 0 Å². The van der Waals surface area contributed by atoms with Crippen LogP contribution in [0.25, 0.3) is 0 Å². The fraction of sp³-hybridized carbons (Fsp3) is 0.789. The van der Waals surface area contributed by atoms with Crippen molar-refractivity contribution in [3.63, 3.8) is 0 Å². The second-order valence-corrected chi connectivity index (χ2v) is 9.02. The van der Waals surface area contributed by atoms with E-state index in [1.165, 1.54) is 19.5 Å². The number of carbonyl (C=O) groups excluding carboxylic acids is 1. The summed E-state index contributed by atoms with van der Waals surface area (Å²) in [6.07, 6.45) is 3.31. The van der Waals surface area contributed by atoms with Gasteiger partial charge in [0.1, 0.15) is 4.88 Å². The Morgan fingerprint density at radius 3 is 2.62 bits per heavy atom. The number of rotatable bonds is 7. The molecule has 2 heterocycles. The summed E-state index contributed by atoms with van der Waals surface area (Å²) in [5.41, 5.74) is 0.867. The number of carbonyl (C=O) groups is 1. The van der Waals surface area contributed by atoms with Crippen molar-refractivity contribution in [2.45, 2.75) is 53.9 Å². The van der Waals surface area contributed by atoms with Gasteiger partial charge in [-0.05, 0) is 44.1 Å². The largest absolute Gasteiger partial charge is 0.351 e. The lowest BCUT2D eigenvalue weighted by atomic mass is 9.92. The molecule has 1 amide bonds. The highest BCUT2D eigenvalue weighted by Crippen LogP contribution is 2.21. The van der Waals surface area contributed by atoms with Gasteiger partial charge in [-0.1, -0.05) is 27.7 Å². The molecule has 1 fully saturated rings. The molecule has 1 aromatic rings. The van der Waals surface area contributed by atoms with Crippen LogP contribution in [0, 0.1) is 24.7 Å². The minimum Gasteiger partial charge on any atom is -0.351 e. The number of hydrogen-bond donors (Lipinski definition) is 1. The fourth-order valence-electron chi connectivity index (χ4n) is 3.66. The molecule has 24 heavy (non-hydrogen) atoms. The van der Waals surface area contributed by atoms with Crippen LogP contribution in [0.5, 0.6) is 0 Å². The minimum atomic E-state index is 0.0420. The predicted molar refractivity (Wildman–Crippen MR) is 102 cm³/mol. The number of nitrogens with one attached hydrogen (secondary N) is 1. The van der Waals surface area contributed by atoms with Crippen LogP contribution in [0.2, 0.25) is 0 Å². The van der Waals surface area contributed by atoms with Gasteiger partial charge in [0.25, 0.3) is 5.91 Å². The molecule has 0 aromatic carbocycles. The standard InChI is InChI=1S/C19H33N3OS/c1-13(2)9-17-21-16(5)18(24-17)19(23)20-7-6-8-22-11-14(3)10-15(4)12-22/h13-15H,6-12H2,1-5H3,(H,20,23). The molecule has 1 saturated heterocycles. The number of aryl methyl sites for hydroxylation is 1. The molecule has 0 saturated carbocycles. The molecule has 5 heteroatoms. The lowest BCUT2D eigenvalue weighted by Crippen LogP contribution is -2.40. The van der Waals surface area contributed by atoms with Crippen LogP contribution < -0.4 is 5.32 Å². The third-order valence-electron chi connectivity index (χ3n) is 4.51. The highest BCUT2D eigenvalue weighted by molar-refractivity contribution is 7.13. The van der Waals surface area contributed by atoms with E-state index in [-0.39, 0.29) is 5.91 Å². The first-order valence-corrected chi connectivity index (χ1v) is 10.1. The Hall–Kier alpha value is -0.940. The van der Waals surface area contributed by atoms with Crippen LogP contribution in [-0.4, -0.2) is 42.0 Å². The normalized spacial score (nSPS) is 22.1. The molecule has 0 bridgehead atoms. The first-order valence-electron chi connectivity index (χ1n) is 9.32. The Labute approximate surface area is 151 Å². The topological polar surface area (TPSA) is 45.2 Å². The van der Waals surface area contributed by atoms with Crippen molar-refractivity contribution in [2.24, 2.45) is 17.8 Å². The number of hydrogen-bond acceptors (Lipinski definition) is 4. The van der Waals surface area contributed by atoms with Crippen molar-refractivity contribution >= 4 is 17.2 Å². The zero-order valence-electron chi connectivity index (χ0n) is 15.9. The van der Waals surface area contributed by atoms with E-state index in [1.54, 1.807) is 11.3 Å². The SMILES string of the molecule is Cc1nc(CC(C)C)sc1C(=O)NCCCN1CC(C)CC(C)C1. The summed E-state index contributed by atoms with van der Waals surface area (Å²) in [4.78, 5) is 20.2. The number of likely N-dealkylation sites (tertiary alicyclic amines) is 1. The molecule has 4 nitrogen and oxygen atoms in total. The number of aromatic nitrogens is 1. The van der Waals surface area contributed by atoms with Gasteiger partial charge in [0.05, 0.1) is 10.7 Å².